The van der Waals surface area contributed by atoms with Gasteiger partial charge in [0.25, 0.3) is 0 Å². The lowest BCUT2D eigenvalue weighted by molar-refractivity contribution is 0.0315. The third-order valence-corrected chi connectivity index (χ3v) is 4.65. The number of hydrogen-bond acceptors (Lipinski definition) is 3. The van der Waals surface area contributed by atoms with Gasteiger partial charge in [-0.05, 0) is 27.2 Å². The standard InChI is InChI=1S/C11H24O3S/c1-6-9(12)8(2)10(13)7-15(14)11(3,4)5/h8-10,12-13H,6-7H2,1-5H3/t8-,9+,10-,15?/m1/s1. The molecule has 0 saturated carbocycles. The van der Waals surface area contributed by atoms with Crippen LogP contribution in [0.15, 0.2) is 0 Å². The maximum absolute atomic E-state index is 11.8. The Morgan fingerprint density at radius 3 is 2.00 bits per heavy atom. The molecule has 0 heterocycles. The molecule has 0 amide bonds. The van der Waals surface area contributed by atoms with Gasteiger partial charge < -0.3 is 10.2 Å². The molecule has 0 saturated heterocycles. The summed E-state index contributed by atoms with van der Waals surface area (Å²) in [5, 5.41) is 19.4. The van der Waals surface area contributed by atoms with Crippen molar-refractivity contribution >= 4 is 10.8 Å². The van der Waals surface area contributed by atoms with E-state index in [0.717, 1.165) is 0 Å². The van der Waals surface area contributed by atoms with E-state index in [-0.39, 0.29) is 16.4 Å². The molecule has 92 valence electrons. The minimum atomic E-state index is -1.07. The summed E-state index contributed by atoms with van der Waals surface area (Å²) >= 11 is 0. The van der Waals surface area contributed by atoms with E-state index in [0.29, 0.717) is 6.42 Å². The van der Waals surface area contributed by atoms with Gasteiger partial charge in [0, 0.05) is 21.5 Å². The van der Waals surface area contributed by atoms with E-state index in [1.165, 1.54) is 0 Å². The molecular weight excluding hydrogens is 212 g/mol. The highest BCUT2D eigenvalue weighted by Gasteiger charge is 2.27. The van der Waals surface area contributed by atoms with Gasteiger partial charge in [-0.1, -0.05) is 13.8 Å². The van der Waals surface area contributed by atoms with Gasteiger partial charge in [0.2, 0.25) is 0 Å². The molecule has 0 aliphatic rings. The Kier molecular flexibility index (Phi) is 5.99. The molecule has 3 nitrogen and oxygen atoms in total. The highest BCUT2D eigenvalue weighted by Crippen LogP contribution is 2.17. The summed E-state index contributed by atoms with van der Waals surface area (Å²) in [5.74, 6) is 0.0168. The zero-order chi connectivity index (χ0) is 12.2. The van der Waals surface area contributed by atoms with Gasteiger partial charge in [-0.3, -0.25) is 4.21 Å². The van der Waals surface area contributed by atoms with E-state index >= 15 is 0 Å². The lowest BCUT2D eigenvalue weighted by atomic mass is 9.97. The molecule has 0 aliphatic carbocycles. The van der Waals surface area contributed by atoms with Crippen LogP contribution in [0.1, 0.15) is 41.0 Å². The second-order valence-electron chi connectivity index (χ2n) is 5.03. The van der Waals surface area contributed by atoms with E-state index in [9.17, 15) is 14.4 Å². The summed E-state index contributed by atoms with van der Waals surface area (Å²) in [4.78, 5) is 0. The Morgan fingerprint density at radius 2 is 1.67 bits per heavy atom. The molecule has 4 atom stereocenters. The number of rotatable bonds is 5. The second kappa shape index (κ2) is 5.97. The third-order valence-electron chi connectivity index (χ3n) is 2.64. The van der Waals surface area contributed by atoms with Crippen LogP contribution >= 0.6 is 0 Å². The molecule has 0 aromatic carbocycles. The highest BCUT2D eigenvalue weighted by atomic mass is 32.2. The van der Waals surface area contributed by atoms with Gasteiger partial charge in [-0.2, -0.15) is 0 Å². The predicted molar refractivity (Wildman–Crippen MR) is 64.2 cm³/mol. The van der Waals surface area contributed by atoms with Crippen LogP contribution in [0.5, 0.6) is 0 Å². The van der Waals surface area contributed by atoms with Crippen LogP contribution in [0.3, 0.4) is 0 Å². The van der Waals surface area contributed by atoms with Crippen molar-refractivity contribution in [1.82, 2.24) is 0 Å². The van der Waals surface area contributed by atoms with Gasteiger partial charge in [0.05, 0.1) is 18.0 Å². The molecule has 1 unspecified atom stereocenters. The summed E-state index contributed by atoms with van der Waals surface area (Å²) in [6.45, 7) is 9.32. The molecule has 0 bridgehead atoms. The monoisotopic (exact) mass is 236 g/mol. The average Bonchev–Trinajstić information content (AvgIpc) is 2.13. The van der Waals surface area contributed by atoms with E-state index in [2.05, 4.69) is 0 Å². The average molecular weight is 236 g/mol. The maximum Gasteiger partial charge on any atom is 0.0705 e. The zero-order valence-electron chi connectivity index (χ0n) is 10.4. The van der Waals surface area contributed by atoms with Crippen LogP contribution in [0.2, 0.25) is 0 Å². The minimum absolute atomic E-state index is 0.221. The number of aliphatic hydroxyl groups excluding tert-OH is 2. The molecule has 0 radical (unpaired) electrons. The molecule has 0 spiro atoms. The number of hydrogen-bond donors (Lipinski definition) is 2. The highest BCUT2D eigenvalue weighted by molar-refractivity contribution is 7.86. The molecule has 4 heteroatoms. The third kappa shape index (κ3) is 5.09. The van der Waals surface area contributed by atoms with E-state index in [4.69, 9.17) is 0 Å². The Labute approximate surface area is 95.4 Å². The first kappa shape index (κ1) is 15.1. The van der Waals surface area contributed by atoms with E-state index in [1.807, 2.05) is 27.7 Å². The Morgan fingerprint density at radius 1 is 1.20 bits per heavy atom. The molecule has 2 N–H and O–H groups in total. The Hall–Kier alpha value is 0.0700. The zero-order valence-corrected chi connectivity index (χ0v) is 11.2. The van der Waals surface area contributed by atoms with E-state index < -0.39 is 23.0 Å². The minimum Gasteiger partial charge on any atom is -0.393 e. The summed E-state index contributed by atoms with van der Waals surface area (Å²) in [6.07, 6.45) is -0.600. The van der Waals surface area contributed by atoms with Crippen LogP contribution < -0.4 is 0 Å². The molecular formula is C11H24O3S. The normalized spacial score (nSPS) is 20.7. The van der Waals surface area contributed by atoms with Crippen molar-refractivity contribution in [2.45, 2.75) is 58.0 Å². The van der Waals surface area contributed by atoms with Crippen molar-refractivity contribution in [1.29, 1.82) is 0 Å². The van der Waals surface area contributed by atoms with Crippen LogP contribution in [0.25, 0.3) is 0 Å². The molecule has 0 aromatic rings. The first-order valence-electron chi connectivity index (χ1n) is 5.44. The second-order valence-corrected chi connectivity index (χ2v) is 7.28. The Bertz CT molecular complexity index is 210. The SMILES string of the molecule is CC[C@H](O)[C@@H](C)[C@H](O)CS(=O)C(C)(C)C. The van der Waals surface area contributed by atoms with E-state index in [1.54, 1.807) is 6.92 Å². The fourth-order valence-corrected chi connectivity index (χ4v) is 2.30. The quantitative estimate of drug-likeness (QED) is 0.756. The fraction of sp³-hybridized carbons (Fsp3) is 1.00. The van der Waals surface area contributed by atoms with Crippen molar-refractivity contribution < 1.29 is 14.4 Å². The first-order chi connectivity index (χ1) is 6.70. The van der Waals surface area contributed by atoms with Gasteiger partial charge >= 0.3 is 0 Å². The molecule has 0 rings (SSSR count). The fourth-order valence-electron chi connectivity index (χ4n) is 1.19. The van der Waals surface area contributed by atoms with Crippen molar-refractivity contribution in [3.05, 3.63) is 0 Å². The first-order valence-corrected chi connectivity index (χ1v) is 6.76. The molecule has 0 aromatic heterocycles. The lowest BCUT2D eigenvalue weighted by Gasteiger charge is -2.26. The summed E-state index contributed by atoms with van der Waals surface area (Å²) in [5.41, 5.74) is 0. The summed E-state index contributed by atoms with van der Waals surface area (Å²) in [6, 6.07) is 0. The van der Waals surface area contributed by atoms with Gasteiger partial charge in [0.15, 0.2) is 0 Å². The summed E-state index contributed by atoms with van der Waals surface area (Å²) < 4.78 is 11.5. The van der Waals surface area contributed by atoms with Gasteiger partial charge in [-0.25, -0.2) is 0 Å². The summed E-state index contributed by atoms with van der Waals surface area (Å²) in [7, 11) is -1.07. The predicted octanol–water partition coefficient (Wildman–Crippen LogP) is 1.30. The van der Waals surface area contributed by atoms with Crippen LogP contribution in [0.4, 0.5) is 0 Å². The molecule has 0 aliphatic heterocycles. The van der Waals surface area contributed by atoms with Crippen molar-refractivity contribution in [2.24, 2.45) is 5.92 Å². The van der Waals surface area contributed by atoms with Crippen molar-refractivity contribution in [3.8, 4) is 0 Å². The van der Waals surface area contributed by atoms with Crippen LogP contribution in [-0.4, -0.2) is 37.1 Å². The topological polar surface area (TPSA) is 57.5 Å². The van der Waals surface area contributed by atoms with Crippen LogP contribution in [0, 0.1) is 5.92 Å². The number of aliphatic hydroxyl groups is 2. The largest absolute Gasteiger partial charge is 0.393 e. The maximum atomic E-state index is 11.8. The lowest BCUT2D eigenvalue weighted by Crippen LogP contribution is -2.37. The molecule has 0 fully saturated rings. The Balaban J connectivity index is 4.25. The van der Waals surface area contributed by atoms with Gasteiger partial charge in [-0.15, -0.1) is 0 Å². The van der Waals surface area contributed by atoms with Crippen molar-refractivity contribution in [3.63, 3.8) is 0 Å². The smallest absolute Gasteiger partial charge is 0.0705 e. The van der Waals surface area contributed by atoms with Crippen molar-refractivity contribution in [2.75, 3.05) is 5.75 Å². The van der Waals surface area contributed by atoms with Crippen LogP contribution in [-0.2, 0) is 10.8 Å². The van der Waals surface area contributed by atoms with Gasteiger partial charge in [0.1, 0.15) is 0 Å². The molecule has 15 heavy (non-hydrogen) atoms.